The van der Waals surface area contributed by atoms with Crippen LogP contribution in [0.1, 0.15) is 62.8 Å². The third-order valence-corrected chi connectivity index (χ3v) is 2.88. The van der Waals surface area contributed by atoms with Crippen LogP contribution in [-0.2, 0) is 4.74 Å². The van der Waals surface area contributed by atoms with Crippen molar-refractivity contribution in [2.45, 2.75) is 52.6 Å². The predicted molar refractivity (Wildman–Crippen MR) is 83.2 cm³/mol. The summed E-state index contributed by atoms with van der Waals surface area (Å²) in [6.45, 7) is 9.25. The molecule has 0 fully saturated rings. The first-order valence-corrected chi connectivity index (χ1v) is 7.44. The number of nitrogens with one attached hydrogen (secondary N) is 1. The zero-order chi connectivity index (χ0) is 15.8. The van der Waals surface area contributed by atoms with Gasteiger partial charge in [-0.15, -0.1) is 0 Å². The van der Waals surface area contributed by atoms with Crippen LogP contribution in [0, 0.1) is 0 Å². The molecule has 0 aliphatic rings. The number of carbonyl (C=O) groups excluding carboxylic acids is 1. The van der Waals surface area contributed by atoms with Crippen molar-refractivity contribution in [3.05, 3.63) is 17.7 Å². The van der Waals surface area contributed by atoms with E-state index >= 15 is 0 Å². The van der Waals surface area contributed by atoms with E-state index in [4.69, 9.17) is 10.5 Å². The van der Waals surface area contributed by atoms with Gasteiger partial charge in [0.05, 0.1) is 18.0 Å². The maximum absolute atomic E-state index is 12.1. The molecule has 1 amide bonds. The summed E-state index contributed by atoms with van der Waals surface area (Å²) < 4.78 is 5.44. The van der Waals surface area contributed by atoms with Gasteiger partial charge in [-0.2, -0.15) is 0 Å². The molecule has 6 nitrogen and oxygen atoms in total. The molecule has 1 aromatic rings. The fraction of sp³-hybridized carbons (Fsp3) is 0.667. The van der Waals surface area contributed by atoms with Crippen LogP contribution in [-0.4, -0.2) is 35.1 Å². The summed E-state index contributed by atoms with van der Waals surface area (Å²) in [5.74, 6) is 0.534. The minimum Gasteiger partial charge on any atom is -0.396 e. The van der Waals surface area contributed by atoms with Crippen molar-refractivity contribution >= 4 is 11.6 Å². The van der Waals surface area contributed by atoms with Gasteiger partial charge >= 0.3 is 0 Å². The molecule has 3 N–H and O–H groups in total. The molecule has 0 atom stereocenters. The highest BCUT2D eigenvalue weighted by Gasteiger charge is 2.14. The molecular formula is C15H26N4O2. The smallest absolute Gasteiger partial charge is 0.272 e. The highest BCUT2D eigenvalue weighted by Crippen LogP contribution is 2.13. The van der Waals surface area contributed by atoms with Gasteiger partial charge in [0.15, 0.2) is 5.69 Å². The number of amides is 1. The number of hydrogen-bond donors (Lipinski definition) is 2. The van der Waals surface area contributed by atoms with Crippen molar-refractivity contribution in [3.63, 3.8) is 0 Å². The average molecular weight is 294 g/mol. The monoisotopic (exact) mass is 294 g/mol. The maximum Gasteiger partial charge on any atom is 0.272 e. The van der Waals surface area contributed by atoms with E-state index in [-0.39, 0.29) is 23.6 Å². The maximum atomic E-state index is 12.1. The molecular weight excluding hydrogens is 268 g/mol. The Hall–Kier alpha value is -1.69. The van der Waals surface area contributed by atoms with E-state index in [1.807, 2.05) is 27.7 Å². The summed E-state index contributed by atoms with van der Waals surface area (Å²) in [6.07, 6.45) is 3.51. The number of nitrogen functional groups attached to an aromatic ring is 1. The Balaban J connectivity index is 2.43. The van der Waals surface area contributed by atoms with E-state index in [2.05, 4.69) is 15.3 Å². The van der Waals surface area contributed by atoms with E-state index < -0.39 is 0 Å². The molecule has 1 rings (SSSR count). The third-order valence-electron chi connectivity index (χ3n) is 2.88. The summed E-state index contributed by atoms with van der Waals surface area (Å²) in [4.78, 5) is 20.4. The molecule has 118 valence electrons. The van der Waals surface area contributed by atoms with Gasteiger partial charge in [0.2, 0.25) is 0 Å². The van der Waals surface area contributed by atoms with E-state index in [0.29, 0.717) is 24.7 Å². The van der Waals surface area contributed by atoms with Crippen molar-refractivity contribution < 1.29 is 9.53 Å². The molecule has 0 unspecified atom stereocenters. The first kappa shape index (κ1) is 17.4. The standard InChI is InChI=1S/C15H26N4O2/c1-10(2)14-18-9-12(16)13(19-14)15(20)17-7-5-6-8-21-11(3)4/h9-11H,5-8,16H2,1-4H3,(H,17,20). The Bertz CT molecular complexity index is 461. The van der Waals surface area contributed by atoms with Gasteiger partial charge in [0.25, 0.3) is 5.91 Å². The fourth-order valence-corrected chi connectivity index (χ4v) is 1.70. The zero-order valence-corrected chi connectivity index (χ0v) is 13.3. The van der Waals surface area contributed by atoms with Crippen LogP contribution in [0.5, 0.6) is 0 Å². The van der Waals surface area contributed by atoms with Crippen molar-refractivity contribution in [2.75, 3.05) is 18.9 Å². The number of unbranched alkanes of at least 4 members (excludes halogenated alkanes) is 1. The Morgan fingerprint density at radius 1 is 1.33 bits per heavy atom. The lowest BCUT2D eigenvalue weighted by molar-refractivity contribution is 0.0754. The van der Waals surface area contributed by atoms with Gasteiger partial charge in [-0.25, -0.2) is 9.97 Å². The minimum atomic E-state index is -0.249. The van der Waals surface area contributed by atoms with E-state index in [1.165, 1.54) is 6.20 Å². The van der Waals surface area contributed by atoms with Gasteiger partial charge in [0.1, 0.15) is 5.82 Å². The van der Waals surface area contributed by atoms with Crippen molar-refractivity contribution in [3.8, 4) is 0 Å². The lowest BCUT2D eigenvalue weighted by Gasteiger charge is -2.10. The molecule has 0 saturated heterocycles. The van der Waals surface area contributed by atoms with Crippen LogP contribution in [0.25, 0.3) is 0 Å². The normalized spacial score (nSPS) is 11.1. The second kappa shape index (κ2) is 8.56. The molecule has 0 aliphatic carbocycles. The molecule has 0 radical (unpaired) electrons. The molecule has 0 bridgehead atoms. The second-order valence-corrected chi connectivity index (χ2v) is 5.57. The highest BCUT2D eigenvalue weighted by molar-refractivity contribution is 5.96. The van der Waals surface area contributed by atoms with Crippen LogP contribution >= 0.6 is 0 Å². The van der Waals surface area contributed by atoms with Gasteiger partial charge in [-0.05, 0) is 26.7 Å². The van der Waals surface area contributed by atoms with E-state index in [0.717, 1.165) is 12.8 Å². The van der Waals surface area contributed by atoms with Crippen LogP contribution in [0.3, 0.4) is 0 Å². The molecule has 0 saturated carbocycles. The molecule has 0 spiro atoms. The molecule has 1 heterocycles. The number of carbonyl (C=O) groups is 1. The summed E-state index contributed by atoms with van der Waals surface area (Å²) in [5, 5.41) is 2.83. The molecule has 0 aromatic carbocycles. The Morgan fingerprint density at radius 3 is 2.67 bits per heavy atom. The van der Waals surface area contributed by atoms with Crippen LogP contribution < -0.4 is 11.1 Å². The molecule has 6 heteroatoms. The number of anilines is 1. The summed E-state index contributed by atoms with van der Waals surface area (Å²) in [6, 6.07) is 0. The first-order valence-electron chi connectivity index (χ1n) is 7.44. The first-order chi connectivity index (χ1) is 9.91. The van der Waals surface area contributed by atoms with E-state index in [9.17, 15) is 4.79 Å². The Labute approximate surface area is 126 Å². The summed E-state index contributed by atoms with van der Waals surface area (Å²) in [5.41, 5.74) is 6.33. The number of ether oxygens (including phenoxy) is 1. The fourth-order valence-electron chi connectivity index (χ4n) is 1.70. The lowest BCUT2D eigenvalue weighted by atomic mass is 10.2. The molecule has 0 aliphatic heterocycles. The number of nitrogens with two attached hydrogens (primary N) is 1. The average Bonchev–Trinajstić information content (AvgIpc) is 2.42. The van der Waals surface area contributed by atoms with E-state index in [1.54, 1.807) is 0 Å². The van der Waals surface area contributed by atoms with Crippen LogP contribution in [0.4, 0.5) is 5.69 Å². The number of aromatic nitrogens is 2. The number of nitrogens with zero attached hydrogens (tertiary/aromatic N) is 2. The number of hydrogen-bond acceptors (Lipinski definition) is 5. The molecule has 21 heavy (non-hydrogen) atoms. The number of rotatable bonds is 8. The summed E-state index contributed by atoms with van der Waals surface area (Å²) >= 11 is 0. The SMILES string of the molecule is CC(C)OCCCCNC(=O)c1nc(C(C)C)ncc1N. The Kier molecular flexibility index (Phi) is 7.08. The summed E-state index contributed by atoms with van der Waals surface area (Å²) in [7, 11) is 0. The van der Waals surface area contributed by atoms with Crippen LogP contribution in [0.2, 0.25) is 0 Å². The van der Waals surface area contributed by atoms with Crippen molar-refractivity contribution in [1.29, 1.82) is 0 Å². The largest absolute Gasteiger partial charge is 0.396 e. The van der Waals surface area contributed by atoms with Crippen molar-refractivity contribution in [1.82, 2.24) is 15.3 Å². The zero-order valence-electron chi connectivity index (χ0n) is 13.3. The quantitative estimate of drug-likeness (QED) is 0.717. The van der Waals surface area contributed by atoms with Gasteiger partial charge < -0.3 is 15.8 Å². The molecule has 1 aromatic heterocycles. The van der Waals surface area contributed by atoms with Crippen LogP contribution in [0.15, 0.2) is 6.20 Å². The third kappa shape index (κ3) is 6.08. The van der Waals surface area contributed by atoms with Gasteiger partial charge in [0, 0.05) is 19.1 Å². The minimum absolute atomic E-state index is 0.158. The second-order valence-electron chi connectivity index (χ2n) is 5.57. The topological polar surface area (TPSA) is 90.1 Å². The van der Waals surface area contributed by atoms with Gasteiger partial charge in [-0.1, -0.05) is 13.8 Å². The Morgan fingerprint density at radius 2 is 2.05 bits per heavy atom. The van der Waals surface area contributed by atoms with Gasteiger partial charge in [-0.3, -0.25) is 4.79 Å². The lowest BCUT2D eigenvalue weighted by Crippen LogP contribution is -2.27. The van der Waals surface area contributed by atoms with Crippen molar-refractivity contribution in [2.24, 2.45) is 0 Å². The highest BCUT2D eigenvalue weighted by atomic mass is 16.5. The predicted octanol–water partition coefficient (Wildman–Crippen LogP) is 2.12.